The highest BCUT2D eigenvalue weighted by Gasteiger charge is 2.29. The number of anilines is 1. The summed E-state index contributed by atoms with van der Waals surface area (Å²) >= 11 is 0. The average Bonchev–Trinajstić information content (AvgIpc) is 3.39. The number of aromatic amines is 2. The molecule has 0 radical (unpaired) electrons. The fourth-order valence-corrected chi connectivity index (χ4v) is 4.63. The maximum Gasteiger partial charge on any atom is 0.226 e. The quantitative estimate of drug-likeness (QED) is 0.608. The Hall–Kier alpha value is -2.60. The minimum atomic E-state index is 0.00650. The number of aromatic nitrogens is 3. The lowest BCUT2D eigenvalue weighted by atomic mass is 9.76. The van der Waals surface area contributed by atoms with E-state index in [1.165, 1.54) is 17.7 Å². The van der Waals surface area contributed by atoms with Crippen molar-refractivity contribution in [3.63, 3.8) is 0 Å². The second-order valence-electron chi connectivity index (χ2n) is 9.24. The molecule has 1 aliphatic heterocycles. The second-order valence-corrected chi connectivity index (χ2v) is 9.24. The van der Waals surface area contributed by atoms with Gasteiger partial charge in [0, 0.05) is 34.5 Å². The van der Waals surface area contributed by atoms with E-state index in [1.54, 1.807) is 0 Å². The van der Waals surface area contributed by atoms with Gasteiger partial charge in [-0.25, -0.2) is 0 Å². The zero-order valence-electron chi connectivity index (χ0n) is 17.1. The number of fused-ring (bicyclic) bond motifs is 2. The highest BCUT2D eigenvalue weighted by Crippen LogP contribution is 2.38. The number of ether oxygens (including phenoxy) is 1. The third-order valence-electron chi connectivity index (χ3n) is 6.26. The summed E-state index contributed by atoms with van der Waals surface area (Å²) in [5.74, 6) is 0.00650. The molecule has 3 heterocycles. The van der Waals surface area contributed by atoms with Crippen molar-refractivity contribution in [3.8, 4) is 11.4 Å². The Morgan fingerprint density at radius 1 is 1.34 bits per heavy atom. The van der Waals surface area contributed by atoms with Crippen LogP contribution in [0.4, 0.5) is 5.69 Å². The minimum Gasteiger partial charge on any atom is -0.378 e. The average molecular weight is 393 g/mol. The van der Waals surface area contributed by atoms with Crippen LogP contribution in [-0.4, -0.2) is 33.8 Å². The van der Waals surface area contributed by atoms with Crippen molar-refractivity contribution in [2.24, 2.45) is 5.41 Å². The van der Waals surface area contributed by atoms with E-state index < -0.39 is 0 Å². The third kappa shape index (κ3) is 3.69. The van der Waals surface area contributed by atoms with Crippen LogP contribution in [0.15, 0.2) is 24.3 Å². The first-order valence-electron chi connectivity index (χ1n) is 10.6. The number of amides is 1. The topological polar surface area (TPSA) is 82.8 Å². The van der Waals surface area contributed by atoms with Crippen molar-refractivity contribution in [2.45, 2.75) is 58.5 Å². The van der Waals surface area contributed by atoms with E-state index in [4.69, 9.17) is 4.74 Å². The first kappa shape index (κ1) is 18.4. The fraction of sp³-hybridized carbons (Fsp3) is 0.478. The standard InChI is InChI=1S/C23H28N4O2/c1-23(2)8-7-17-20(13-23)26-27-22(17)19-10-14-5-6-15(11-18(14)25-19)24-21(28)12-16-4-3-9-29-16/h5-6,10-11,16,25H,3-4,7-9,12-13H2,1-2H3,(H,24,28)(H,26,27). The number of carbonyl (C=O) groups excluding carboxylic acids is 1. The van der Waals surface area contributed by atoms with Gasteiger partial charge in [0.2, 0.25) is 5.91 Å². The number of H-pyrrole nitrogens is 2. The Labute approximate surface area is 170 Å². The van der Waals surface area contributed by atoms with Crippen molar-refractivity contribution in [1.29, 1.82) is 0 Å². The van der Waals surface area contributed by atoms with Gasteiger partial charge in [-0.1, -0.05) is 19.9 Å². The van der Waals surface area contributed by atoms with Crippen LogP contribution in [0, 0.1) is 5.41 Å². The van der Waals surface area contributed by atoms with E-state index in [0.717, 1.165) is 60.3 Å². The van der Waals surface area contributed by atoms with Gasteiger partial charge >= 0.3 is 0 Å². The second kappa shape index (κ2) is 7.02. The van der Waals surface area contributed by atoms with Crippen molar-refractivity contribution >= 4 is 22.5 Å². The molecule has 1 atom stereocenters. The van der Waals surface area contributed by atoms with Gasteiger partial charge in [-0.15, -0.1) is 0 Å². The van der Waals surface area contributed by atoms with Crippen LogP contribution in [0.1, 0.15) is 50.8 Å². The van der Waals surface area contributed by atoms with E-state index in [-0.39, 0.29) is 12.0 Å². The normalized spacial score (nSPS) is 20.7. The van der Waals surface area contributed by atoms with Crippen molar-refractivity contribution in [1.82, 2.24) is 15.2 Å². The number of nitrogens with zero attached hydrogens (tertiary/aromatic N) is 1. The van der Waals surface area contributed by atoms with Crippen LogP contribution in [0.3, 0.4) is 0 Å². The molecule has 6 heteroatoms. The molecule has 0 saturated carbocycles. The van der Waals surface area contributed by atoms with Crippen LogP contribution < -0.4 is 5.32 Å². The number of hydrogen-bond donors (Lipinski definition) is 3. The van der Waals surface area contributed by atoms with E-state index in [2.05, 4.69) is 40.4 Å². The zero-order chi connectivity index (χ0) is 20.0. The summed E-state index contributed by atoms with van der Waals surface area (Å²) in [7, 11) is 0. The number of rotatable bonds is 4. The van der Waals surface area contributed by atoms with Crippen LogP contribution >= 0.6 is 0 Å². The molecule has 1 aliphatic carbocycles. The largest absolute Gasteiger partial charge is 0.378 e. The molecule has 2 aromatic heterocycles. The molecule has 0 bridgehead atoms. The molecular weight excluding hydrogens is 364 g/mol. The lowest BCUT2D eigenvalue weighted by Crippen LogP contribution is -2.21. The Bertz CT molecular complexity index is 1060. The fourth-order valence-electron chi connectivity index (χ4n) is 4.63. The number of carbonyl (C=O) groups is 1. The summed E-state index contributed by atoms with van der Waals surface area (Å²) in [6, 6.07) is 8.13. The summed E-state index contributed by atoms with van der Waals surface area (Å²) in [5, 5.41) is 12.0. The Balaban J connectivity index is 1.36. The lowest BCUT2D eigenvalue weighted by Gasteiger charge is -2.28. The molecule has 1 amide bonds. The molecule has 3 N–H and O–H groups in total. The first-order chi connectivity index (χ1) is 14.0. The van der Waals surface area contributed by atoms with Gasteiger partial charge in [-0.2, -0.15) is 5.10 Å². The van der Waals surface area contributed by atoms with Crippen LogP contribution in [0.25, 0.3) is 22.3 Å². The molecule has 5 rings (SSSR count). The van der Waals surface area contributed by atoms with Gasteiger partial charge in [0.1, 0.15) is 5.69 Å². The third-order valence-corrected chi connectivity index (χ3v) is 6.26. The van der Waals surface area contributed by atoms with E-state index in [1.807, 2.05) is 18.2 Å². The molecule has 3 aromatic rings. The SMILES string of the molecule is CC1(C)CCc2c(-c3cc4ccc(NC(=O)CC5CCCO5)cc4[nH]3)n[nH]c2C1. The van der Waals surface area contributed by atoms with Gasteiger partial charge < -0.3 is 15.0 Å². The highest BCUT2D eigenvalue weighted by molar-refractivity contribution is 5.95. The van der Waals surface area contributed by atoms with E-state index in [9.17, 15) is 4.79 Å². The maximum atomic E-state index is 12.3. The molecule has 29 heavy (non-hydrogen) atoms. The number of benzene rings is 1. The molecule has 0 spiro atoms. The first-order valence-corrected chi connectivity index (χ1v) is 10.6. The van der Waals surface area contributed by atoms with Crippen LogP contribution in [0.5, 0.6) is 0 Å². The smallest absolute Gasteiger partial charge is 0.226 e. The molecule has 1 aromatic carbocycles. The Kier molecular flexibility index (Phi) is 4.46. The van der Waals surface area contributed by atoms with Gasteiger partial charge in [0.05, 0.1) is 18.2 Å². The Morgan fingerprint density at radius 3 is 3.07 bits per heavy atom. The molecule has 1 fully saturated rings. The van der Waals surface area contributed by atoms with Crippen molar-refractivity contribution in [3.05, 3.63) is 35.5 Å². The van der Waals surface area contributed by atoms with Crippen molar-refractivity contribution in [2.75, 3.05) is 11.9 Å². The summed E-state index contributed by atoms with van der Waals surface area (Å²) in [6.07, 6.45) is 5.76. The summed E-state index contributed by atoms with van der Waals surface area (Å²) in [4.78, 5) is 15.8. The summed E-state index contributed by atoms with van der Waals surface area (Å²) < 4.78 is 5.56. The molecule has 152 valence electrons. The zero-order valence-corrected chi connectivity index (χ0v) is 17.1. The predicted molar refractivity (Wildman–Crippen MR) is 114 cm³/mol. The van der Waals surface area contributed by atoms with Gasteiger partial charge in [0.15, 0.2) is 0 Å². The molecule has 2 aliphatic rings. The summed E-state index contributed by atoms with van der Waals surface area (Å²) in [5.41, 5.74) is 6.78. The molecule has 6 nitrogen and oxygen atoms in total. The lowest BCUT2D eigenvalue weighted by molar-refractivity contribution is -0.118. The monoisotopic (exact) mass is 392 g/mol. The summed E-state index contributed by atoms with van der Waals surface area (Å²) in [6.45, 7) is 5.39. The minimum absolute atomic E-state index is 0.00650. The van der Waals surface area contributed by atoms with E-state index >= 15 is 0 Å². The number of hydrogen-bond acceptors (Lipinski definition) is 3. The van der Waals surface area contributed by atoms with Crippen LogP contribution in [0.2, 0.25) is 0 Å². The molecule has 1 unspecified atom stereocenters. The molecular formula is C23H28N4O2. The molecule has 1 saturated heterocycles. The van der Waals surface area contributed by atoms with Gasteiger partial charge in [-0.05, 0) is 55.7 Å². The van der Waals surface area contributed by atoms with Gasteiger partial charge in [0.25, 0.3) is 0 Å². The van der Waals surface area contributed by atoms with Gasteiger partial charge in [-0.3, -0.25) is 9.89 Å². The van der Waals surface area contributed by atoms with E-state index in [0.29, 0.717) is 11.8 Å². The maximum absolute atomic E-state index is 12.3. The highest BCUT2D eigenvalue weighted by atomic mass is 16.5. The van der Waals surface area contributed by atoms with Crippen LogP contribution in [-0.2, 0) is 22.4 Å². The van der Waals surface area contributed by atoms with Crippen molar-refractivity contribution < 1.29 is 9.53 Å². The number of nitrogens with one attached hydrogen (secondary N) is 3. The predicted octanol–water partition coefficient (Wildman–Crippen LogP) is 4.58. The Morgan fingerprint density at radius 2 is 2.24 bits per heavy atom.